The molecule has 0 fully saturated rings. The van der Waals surface area contributed by atoms with E-state index < -0.39 is 0 Å². The molecule has 4 rings (SSSR count). The van der Waals surface area contributed by atoms with Crippen LogP contribution in [0.5, 0.6) is 17.2 Å². The summed E-state index contributed by atoms with van der Waals surface area (Å²) in [6, 6.07) is 14.9. The molecule has 1 aliphatic heterocycles. The molecule has 9 heteroatoms. The van der Waals surface area contributed by atoms with Crippen molar-refractivity contribution in [3.63, 3.8) is 0 Å². The maximum atomic E-state index is 12.1. The lowest BCUT2D eigenvalue weighted by atomic mass is 10.1. The molecule has 0 spiro atoms. The van der Waals surface area contributed by atoms with E-state index in [4.69, 9.17) is 9.47 Å². The second kappa shape index (κ2) is 11.5. The molecule has 1 amide bonds. The van der Waals surface area contributed by atoms with Crippen LogP contribution in [0, 0.1) is 0 Å². The highest BCUT2D eigenvalue weighted by molar-refractivity contribution is 5.77. The third-order valence-electron chi connectivity index (χ3n) is 5.76. The van der Waals surface area contributed by atoms with Crippen molar-refractivity contribution < 1.29 is 19.4 Å². The fourth-order valence-electron chi connectivity index (χ4n) is 4.01. The molecule has 1 aromatic heterocycles. The number of fused-ring (bicyclic) bond motifs is 1. The largest absolute Gasteiger partial charge is 0.504 e. The Hall–Kier alpha value is -3.59. The summed E-state index contributed by atoms with van der Waals surface area (Å²) in [5.74, 6) is 3.04. The molecule has 34 heavy (non-hydrogen) atoms. The number of phenolic OH excluding ortho intramolecular Hbond substituents is 1. The number of aromatic nitrogens is 3. The average molecular weight is 466 g/mol. The zero-order valence-corrected chi connectivity index (χ0v) is 19.4. The van der Waals surface area contributed by atoms with E-state index in [1.54, 1.807) is 6.07 Å². The van der Waals surface area contributed by atoms with Gasteiger partial charge < -0.3 is 24.5 Å². The van der Waals surface area contributed by atoms with E-state index in [-0.39, 0.29) is 18.3 Å². The number of carbonyl (C=O) groups is 1. The SMILES string of the molecule is CCOc1cccc(CN2CCc3nnc(CCNC(=O)COc4ccccc4)n3CC2)c1O. The van der Waals surface area contributed by atoms with Crippen LogP contribution in [0.1, 0.15) is 24.1 Å². The fraction of sp³-hybridized carbons (Fsp3) is 0.400. The molecule has 0 saturated carbocycles. The van der Waals surface area contributed by atoms with Gasteiger partial charge in [0.1, 0.15) is 17.4 Å². The number of amides is 1. The summed E-state index contributed by atoms with van der Waals surface area (Å²) in [5.41, 5.74) is 0.851. The van der Waals surface area contributed by atoms with Gasteiger partial charge in [-0.15, -0.1) is 10.2 Å². The molecule has 9 nitrogen and oxygen atoms in total. The highest BCUT2D eigenvalue weighted by Crippen LogP contribution is 2.30. The smallest absolute Gasteiger partial charge is 0.257 e. The van der Waals surface area contributed by atoms with Gasteiger partial charge in [0.05, 0.1) is 6.61 Å². The van der Waals surface area contributed by atoms with E-state index in [2.05, 4.69) is 25.0 Å². The molecule has 0 saturated heterocycles. The number of ether oxygens (including phenoxy) is 2. The molecule has 0 bridgehead atoms. The predicted octanol–water partition coefficient (Wildman–Crippen LogP) is 2.18. The third kappa shape index (κ3) is 6.05. The average Bonchev–Trinajstić information content (AvgIpc) is 3.12. The topological polar surface area (TPSA) is 102 Å². The summed E-state index contributed by atoms with van der Waals surface area (Å²) in [6.45, 7) is 5.89. The van der Waals surface area contributed by atoms with Gasteiger partial charge in [-0.2, -0.15) is 0 Å². The summed E-state index contributed by atoms with van der Waals surface area (Å²) >= 11 is 0. The van der Waals surface area contributed by atoms with Gasteiger partial charge in [0.15, 0.2) is 18.1 Å². The number of hydrogen-bond donors (Lipinski definition) is 2. The van der Waals surface area contributed by atoms with Crippen molar-refractivity contribution in [1.29, 1.82) is 0 Å². The standard InChI is InChI=1S/C25H31N5O4/c1-2-33-21-10-6-7-19(25(21)32)17-29-14-12-23-28-27-22(30(23)16-15-29)11-13-26-24(31)18-34-20-8-4-3-5-9-20/h3-10,32H,2,11-18H2,1H3,(H,26,31). The van der Waals surface area contributed by atoms with E-state index in [0.29, 0.717) is 37.6 Å². The first-order valence-corrected chi connectivity index (χ1v) is 11.7. The van der Waals surface area contributed by atoms with Gasteiger partial charge >= 0.3 is 0 Å². The Kier molecular flexibility index (Phi) is 7.98. The van der Waals surface area contributed by atoms with Crippen molar-refractivity contribution in [3.8, 4) is 17.2 Å². The van der Waals surface area contributed by atoms with E-state index >= 15 is 0 Å². The Labute approximate surface area is 199 Å². The third-order valence-corrected chi connectivity index (χ3v) is 5.76. The van der Waals surface area contributed by atoms with E-state index in [0.717, 1.165) is 43.3 Å². The van der Waals surface area contributed by atoms with Crippen LogP contribution in [0.3, 0.4) is 0 Å². The van der Waals surface area contributed by atoms with Gasteiger partial charge in [-0.1, -0.05) is 30.3 Å². The van der Waals surface area contributed by atoms with Crippen LogP contribution in [0.4, 0.5) is 0 Å². The zero-order chi connectivity index (χ0) is 23.8. The van der Waals surface area contributed by atoms with Gasteiger partial charge in [-0.25, -0.2) is 0 Å². The predicted molar refractivity (Wildman–Crippen MR) is 127 cm³/mol. The molecule has 1 aliphatic rings. The van der Waals surface area contributed by atoms with Gasteiger partial charge in [-0.3, -0.25) is 9.69 Å². The Morgan fingerprint density at radius 1 is 1.06 bits per heavy atom. The summed E-state index contributed by atoms with van der Waals surface area (Å²) in [7, 11) is 0. The molecule has 0 unspecified atom stereocenters. The number of phenols is 1. The molecule has 0 radical (unpaired) electrons. The summed E-state index contributed by atoms with van der Waals surface area (Å²) in [6.07, 6.45) is 1.37. The van der Waals surface area contributed by atoms with Gasteiger partial charge in [0.2, 0.25) is 0 Å². The molecule has 2 aromatic carbocycles. The first kappa shape index (κ1) is 23.6. The van der Waals surface area contributed by atoms with Crippen LogP contribution in [0.2, 0.25) is 0 Å². The molecule has 3 aromatic rings. The van der Waals surface area contributed by atoms with Crippen LogP contribution in [-0.4, -0.2) is 63.5 Å². The van der Waals surface area contributed by atoms with Crippen LogP contribution < -0.4 is 14.8 Å². The van der Waals surface area contributed by atoms with Crippen molar-refractivity contribution in [2.75, 3.05) is 32.8 Å². The Morgan fingerprint density at radius 2 is 1.91 bits per heavy atom. The number of nitrogens with zero attached hydrogens (tertiary/aromatic N) is 4. The minimum absolute atomic E-state index is 0.0196. The number of benzene rings is 2. The van der Waals surface area contributed by atoms with E-state index in [1.807, 2.05) is 49.4 Å². The van der Waals surface area contributed by atoms with Crippen molar-refractivity contribution >= 4 is 5.91 Å². The second-order valence-corrected chi connectivity index (χ2v) is 8.11. The maximum absolute atomic E-state index is 12.1. The number of rotatable bonds is 10. The highest BCUT2D eigenvalue weighted by Gasteiger charge is 2.20. The number of nitrogens with one attached hydrogen (secondary N) is 1. The maximum Gasteiger partial charge on any atom is 0.257 e. The Balaban J connectivity index is 1.26. The van der Waals surface area contributed by atoms with Gasteiger partial charge in [-0.05, 0) is 25.1 Å². The summed E-state index contributed by atoms with van der Waals surface area (Å²) in [4.78, 5) is 14.4. The van der Waals surface area contributed by atoms with Crippen LogP contribution >= 0.6 is 0 Å². The lowest BCUT2D eigenvalue weighted by molar-refractivity contribution is -0.123. The lowest BCUT2D eigenvalue weighted by Crippen LogP contribution is -2.31. The highest BCUT2D eigenvalue weighted by atomic mass is 16.5. The minimum atomic E-state index is -0.167. The van der Waals surface area contributed by atoms with Crippen LogP contribution in [-0.2, 0) is 30.7 Å². The number of aromatic hydroxyl groups is 1. The van der Waals surface area contributed by atoms with Crippen LogP contribution in [0.25, 0.3) is 0 Å². The first-order chi connectivity index (χ1) is 16.6. The lowest BCUT2D eigenvalue weighted by Gasteiger charge is -2.21. The first-order valence-electron chi connectivity index (χ1n) is 11.7. The molecule has 0 atom stereocenters. The molecular formula is C25H31N5O4. The van der Waals surface area contributed by atoms with Crippen LogP contribution in [0.15, 0.2) is 48.5 Å². The number of para-hydroxylation sites is 2. The minimum Gasteiger partial charge on any atom is -0.504 e. The van der Waals surface area contributed by atoms with Gasteiger partial charge in [0, 0.05) is 51.1 Å². The molecule has 2 heterocycles. The van der Waals surface area contributed by atoms with E-state index in [9.17, 15) is 9.90 Å². The molecular weight excluding hydrogens is 434 g/mol. The number of carbonyl (C=O) groups excluding carboxylic acids is 1. The Bertz CT molecular complexity index is 1090. The summed E-state index contributed by atoms with van der Waals surface area (Å²) in [5, 5.41) is 22.1. The molecule has 180 valence electrons. The van der Waals surface area contributed by atoms with E-state index in [1.165, 1.54) is 0 Å². The van der Waals surface area contributed by atoms with Crippen molar-refractivity contribution in [3.05, 3.63) is 65.7 Å². The quantitative estimate of drug-likeness (QED) is 0.473. The monoisotopic (exact) mass is 465 g/mol. The molecule has 0 aliphatic carbocycles. The zero-order valence-electron chi connectivity index (χ0n) is 19.4. The summed E-state index contributed by atoms with van der Waals surface area (Å²) < 4.78 is 13.1. The Morgan fingerprint density at radius 3 is 2.74 bits per heavy atom. The number of hydrogen-bond acceptors (Lipinski definition) is 7. The van der Waals surface area contributed by atoms with Crippen molar-refractivity contribution in [2.24, 2.45) is 0 Å². The second-order valence-electron chi connectivity index (χ2n) is 8.11. The normalized spacial score (nSPS) is 13.7. The van der Waals surface area contributed by atoms with Crippen molar-refractivity contribution in [1.82, 2.24) is 25.0 Å². The van der Waals surface area contributed by atoms with Gasteiger partial charge in [0.25, 0.3) is 5.91 Å². The van der Waals surface area contributed by atoms with Crippen molar-refractivity contribution in [2.45, 2.75) is 32.9 Å². The molecule has 2 N–H and O–H groups in total. The fourth-order valence-corrected chi connectivity index (χ4v) is 4.01.